The molecule has 0 spiro atoms. The van der Waals surface area contributed by atoms with Crippen LogP contribution in [0.4, 0.5) is 14.5 Å². The van der Waals surface area contributed by atoms with Crippen LogP contribution in [-0.4, -0.2) is 17.0 Å². The molecule has 1 atom stereocenters. The molecule has 2 rings (SSSR count). The van der Waals surface area contributed by atoms with Crippen molar-refractivity contribution in [3.63, 3.8) is 0 Å². The summed E-state index contributed by atoms with van der Waals surface area (Å²) in [6.45, 7) is 0. The summed E-state index contributed by atoms with van der Waals surface area (Å²) in [6, 6.07) is 3.68. The molecule has 7 heteroatoms. The number of nitrogens with one attached hydrogen (secondary N) is 1. The lowest BCUT2D eigenvalue weighted by molar-refractivity contribution is -0.147. The van der Waals surface area contributed by atoms with Gasteiger partial charge in [0.15, 0.2) is 0 Å². The Balaban J connectivity index is 2.74. The second-order valence-corrected chi connectivity index (χ2v) is 3.64. The Morgan fingerprint density at radius 3 is 2.65 bits per heavy atom. The lowest BCUT2D eigenvalue weighted by Gasteiger charge is -2.19. The van der Waals surface area contributed by atoms with Gasteiger partial charge in [0.25, 0.3) is 12.3 Å². The number of fused-ring (bicyclic) bond motifs is 1. The topological polar surface area (TPSA) is 92.4 Å². The van der Waals surface area contributed by atoms with Crippen LogP contribution in [0.2, 0.25) is 0 Å². The maximum atomic E-state index is 12.8. The first-order valence-corrected chi connectivity index (χ1v) is 4.64. The third kappa shape index (κ3) is 1.39. The molecular formula is C10H8F2N2O3. The van der Waals surface area contributed by atoms with Crippen LogP contribution >= 0.6 is 0 Å². The van der Waals surface area contributed by atoms with E-state index in [9.17, 15) is 18.4 Å². The molecule has 5 nitrogen and oxygen atoms in total. The lowest BCUT2D eigenvalue weighted by Crippen LogP contribution is -2.51. The molecule has 90 valence electrons. The van der Waals surface area contributed by atoms with Crippen LogP contribution in [0, 0.1) is 0 Å². The summed E-state index contributed by atoms with van der Waals surface area (Å²) in [6.07, 6.45) is -2.90. The van der Waals surface area contributed by atoms with Crippen molar-refractivity contribution >= 4 is 17.6 Å². The predicted molar refractivity (Wildman–Crippen MR) is 53.5 cm³/mol. The molecular weight excluding hydrogens is 234 g/mol. The van der Waals surface area contributed by atoms with Gasteiger partial charge in [-0.1, -0.05) is 12.1 Å². The Morgan fingerprint density at radius 1 is 1.47 bits per heavy atom. The second-order valence-electron chi connectivity index (χ2n) is 3.64. The quantitative estimate of drug-likeness (QED) is 0.669. The van der Waals surface area contributed by atoms with Crippen LogP contribution in [0.3, 0.4) is 0 Å². The highest BCUT2D eigenvalue weighted by Crippen LogP contribution is 2.40. The smallest absolute Gasteiger partial charge is 0.338 e. The van der Waals surface area contributed by atoms with Crippen molar-refractivity contribution < 1.29 is 23.5 Å². The van der Waals surface area contributed by atoms with Crippen LogP contribution in [0.5, 0.6) is 0 Å². The van der Waals surface area contributed by atoms with E-state index in [1.165, 1.54) is 12.1 Å². The van der Waals surface area contributed by atoms with Crippen molar-refractivity contribution in [3.8, 4) is 0 Å². The Labute approximate surface area is 94.2 Å². The summed E-state index contributed by atoms with van der Waals surface area (Å²) >= 11 is 0. The number of amides is 1. The van der Waals surface area contributed by atoms with E-state index < -0.39 is 29.4 Å². The van der Waals surface area contributed by atoms with Gasteiger partial charge in [-0.2, -0.15) is 0 Å². The standard InChI is InChI=1S/C10H8F2N2O3/c11-7(12)4-2-1-3-5-6(4)10(13,9(16)17)8(15)14-5/h1-3,7H,13H2,(H,14,15)(H,16,17)/t10-/m0/s1. The number of hydrogen-bond donors (Lipinski definition) is 3. The Hall–Kier alpha value is -2.02. The third-order valence-electron chi connectivity index (χ3n) is 2.67. The average Bonchev–Trinajstić information content (AvgIpc) is 2.52. The van der Waals surface area contributed by atoms with E-state index in [1.54, 1.807) is 0 Å². The van der Waals surface area contributed by atoms with Crippen LogP contribution in [-0.2, 0) is 15.1 Å². The van der Waals surface area contributed by atoms with Gasteiger partial charge < -0.3 is 16.2 Å². The highest BCUT2D eigenvalue weighted by atomic mass is 19.3. The van der Waals surface area contributed by atoms with Crippen LogP contribution < -0.4 is 11.1 Å². The molecule has 1 heterocycles. The fourth-order valence-electron chi connectivity index (χ4n) is 1.83. The molecule has 0 aliphatic carbocycles. The van der Waals surface area contributed by atoms with Crippen LogP contribution in [0.25, 0.3) is 0 Å². The lowest BCUT2D eigenvalue weighted by atomic mass is 9.89. The minimum absolute atomic E-state index is 0.0118. The van der Waals surface area contributed by atoms with E-state index >= 15 is 0 Å². The minimum atomic E-state index is -2.90. The first-order chi connectivity index (χ1) is 7.89. The van der Waals surface area contributed by atoms with Crippen LogP contribution in [0.1, 0.15) is 17.6 Å². The van der Waals surface area contributed by atoms with Gasteiger partial charge in [0.05, 0.1) is 0 Å². The van der Waals surface area contributed by atoms with E-state index in [2.05, 4.69) is 5.32 Å². The molecule has 0 saturated carbocycles. The number of carbonyl (C=O) groups excluding carboxylic acids is 1. The summed E-state index contributed by atoms with van der Waals surface area (Å²) in [5.41, 5.74) is 2.09. The van der Waals surface area contributed by atoms with Gasteiger partial charge in [-0.25, -0.2) is 13.6 Å². The predicted octanol–water partition coefficient (Wildman–Crippen LogP) is 0.815. The van der Waals surface area contributed by atoms with Crippen molar-refractivity contribution in [2.24, 2.45) is 5.73 Å². The summed E-state index contributed by atoms with van der Waals surface area (Å²) in [5.74, 6) is -2.69. The van der Waals surface area contributed by atoms with E-state index in [1.807, 2.05) is 0 Å². The molecule has 17 heavy (non-hydrogen) atoms. The van der Waals surface area contributed by atoms with Gasteiger partial charge in [-0.15, -0.1) is 0 Å². The van der Waals surface area contributed by atoms with Gasteiger partial charge >= 0.3 is 5.97 Å². The number of aliphatic carboxylic acids is 1. The van der Waals surface area contributed by atoms with Gasteiger partial charge in [0.2, 0.25) is 5.54 Å². The fraction of sp³-hybridized carbons (Fsp3) is 0.200. The molecule has 0 bridgehead atoms. The molecule has 1 aliphatic heterocycles. The number of alkyl halides is 2. The maximum Gasteiger partial charge on any atom is 0.338 e. The molecule has 1 amide bonds. The summed E-state index contributed by atoms with van der Waals surface area (Å²) in [5, 5.41) is 11.2. The number of benzene rings is 1. The normalized spacial score (nSPS) is 22.5. The van der Waals surface area contributed by atoms with Crippen molar-refractivity contribution in [3.05, 3.63) is 29.3 Å². The van der Waals surface area contributed by atoms with E-state index in [0.717, 1.165) is 6.07 Å². The van der Waals surface area contributed by atoms with Gasteiger partial charge in [-0.3, -0.25) is 4.79 Å². The van der Waals surface area contributed by atoms with Gasteiger partial charge in [0.1, 0.15) is 0 Å². The van der Waals surface area contributed by atoms with Gasteiger partial charge in [0, 0.05) is 16.8 Å². The number of carbonyl (C=O) groups is 2. The summed E-state index contributed by atoms with van der Waals surface area (Å²) in [4.78, 5) is 22.5. The fourth-order valence-corrected chi connectivity index (χ4v) is 1.83. The average molecular weight is 242 g/mol. The highest BCUT2D eigenvalue weighted by Gasteiger charge is 2.52. The van der Waals surface area contributed by atoms with Crippen molar-refractivity contribution in [1.29, 1.82) is 0 Å². The number of nitrogens with two attached hydrogens (primary N) is 1. The zero-order chi connectivity index (χ0) is 12.8. The molecule has 0 aromatic heterocycles. The molecule has 0 radical (unpaired) electrons. The second kappa shape index (κ2) is 3.49. The molecule has 0 unspecified atom stereocenters. The summed E-state index contributed by atoms with van der Waals surface area (Å²) in [7, 11) is 0. The first kappa shape index (κ1) is 11.5. The number of rotatable bonds is 2. The minimum Gasteiger partial charge on any atom is -0.479 e. The van der Waals surface area contributed by atoms with Gasteiger partial charge in [-0.05, 0) is 6.07 Å². The number of carboxylic acids is 1. The Kier molecular flexibility index (Phi) is 2.35. The number of carboxylic acid groups (broad SMARTS) is 1. The molecule has 1 aromatic rings. The monoisotopic (exact) mass is 242 g/mol. The first-order valence-electron chi connectivity index (χ1n) is 4.64. The van der Waals surface area contributed by atoms with Crippen LogP contribution in [0.15, 0.2) is 18.2 Å². The van der Waals surface area contributed by atoms with Crippen molar-refractivity contribution in [1.82, 2.24) is 0 Å². The zero-order valence-corrected chi connectivity index (χ0v) is 8.41. The Morgan fingerprint density at radius 2 is 2.12 bits per heavy atom. The molecule has 0 fully saturated rings. The Bertz CT molecular complexity index is 518. The van der Waals surface area contributed by atoms with E-state index in [0.29, 0.717) is 0 Å². The molecule has 0 saturated heterocycles. The van der Waals surface area contributed by atoms with E-state index in [-0.39, 0.29) is 11.3 Å². The van der Waals surface area contributed by atoms with Crippen molar-refractivity contribution in [2.75, 3.05) is 5.32 Å². The number of hydrogen-bond acceptors (Lipinski definition) is 3. The maximum absolute atomic E-state index is 12.8. The highest BCUT2D eigenvalue weighted by molar-refractivity contribution is 6.18. The molecule has 1 aliphatic rings. The van der Waals surface area contributed by atoms with E-state index in [4.69, 9.17) is 10.8 Å². The summed E-state index contributed by atoms with van der Waals surface area (Å²) < 4.78 is 25.5. The SMILES string of the molecule is N[C@]1(C(=O)O)C(=O)Nc2cccc(C(F)F)c21. The van der Waals surface area contributed by atoms with Crippen molar-refractivity contribution in [2.45, 2.75) is 12.0 Å². The number of halogens is 2. The molecule has 1 aromatic carbocycles. The third-order valence-corrected chi connectivity index (χ3v) is 2.67. The largest absolute Gasteiger partial charge is 0.479 e. The number of anilines is 1. The zero-order valence-electron chi connectivity index (χ0n) is 8.41. The molecule has 4 N–H and O–H groups in total.